The first-order valence-electron chi connectivity index (χ1n) is 10.5. The van der Waals surface area contributed by atoms with Crippen LogP contribution < -0.4 is 9.80 Å². The van der Waals surface area contributed by atoms with Gasteiger partial charge in [-0.2, -0.15) is 4.98 Å². The van der Waals surface area contributed by atoms with Crippen molar-refractivity contribution in [3.05, 3.63) is 54.2 Å². The van der Waals surface area contributed by atoms with Gasteiger partial charge in [0.25, 0.3) is 0 Å². The fourth-order valence-corrected chi connectivity index (χ4v) is 4.10. The van der Waals surface area contributed by atoms with Crippen LogP contribution in [0, 0.1) is 5.92 Å². The maximum Gasteiger partial charge on any atom is 0.227 e. The van der Waals surface area contributed by atoms with Gasteiger partial charge in [0.05, 0.1) is 0 Å². The van der Waals surface area contributed by atoms with E-state index in [0.29, 0.717) is 0 Å². The van der Waals surface area contributed by atoms with Crippen molar-refractivity contribution in [3.8, 4) is 0 Å². The predicted octanol–water partition coefficient (Wildman–Crippen LogP) is 3.55. The van der Waals surface area contributed by atoms with Crippen LogP contribution in [0.1, 0.15) is 25.3 Å². The number of benzene rings is 1. The second-order valence-electron chi connectivity index (χ2n) is 8.01. The van der Waals surface area contributed by atoms with Crippen molar-refractivity contribution in [1.82, 2.24) is 14.9 Å². The molecule has 1 aromatic heterocycles. The second-order valence-corrected chi connectivity index (χ2v) is 8.01. The number of piperidine rings is 1. The Balaban J connectivity index is 1.30. The molecule has 4 rings (SSSR count). The average Bonchev–Trinajstić information content (AvgIpc) is 2.75. The minimum atomic E-state index is 0.730. The van der Waals surface area contributed by atoms with Gasteiger partial charge >= 0.3 is 0 Å². The van der Waals surface area contributed by atoms with E-state index in [1.54, 1.807) is 0 Å². The molecule has 5 nitrogen and oxygen atoms in total. The molecule has 0 N–H and O–H groups in total. The van der Waals surface area contributed by atoms with Gasteiger partial charge in [-0.1, -0.05) is 49.4 Å². The van der Waals surface area contributed by atoms with Gasteiger partial charge in [-0.05, 0) is 30.4 Å². The monoisotopic (exact) mass is 377 g/mol. The van der Waals surface area contributed by atoms with E-state index in [1.165, 1.54) is 18.4 Å². The van der Waals surface area contributed by atoms with Gasteiger partial charge in [0, 0.05) is 52.0 Å². The summed E-state index contributed by atoms with van der Waals surface area (Å²) >= 11 is 0. The normalized spacial score (nSPS) is 21.4. The zero-order valence-corrected chi connectivity index (χ0v) is 16.9. The molecular formula is C23H31N5. The zero-order chi connectivity index (χ0) is 19.2. The quantitative estimate of drug-likeness (QED) is 0.796. The number of hydrogen-bond acceptors (Lipinski definition) is 5. The third-order valence-corrected chi connectivity index (χ3v) is 5.74. The smallest absolute Gasteiger partial charge is 0.227 e. The summed E-state index contributed by atoms with van der Waals surface area (Å²) < 4.78 is 0. The van der Waals surface area contributed by atoms with Crippen LogP contribution in [-0.4, -0.2) is 60.7 Å². The minimum Gasteiger partial charge on any atom is -0.354 e. The highest BCUT2D eigenvalue weighted by molar-refractivity contribution is 5.49. The molecule has 2 aliphatic rings. The molecule has 1 atom stereocenters. The largest absolute Gasteiger partial charge is 0.354 e. The highest BCUT2D eigenvalue weighted by Gasteiger charge is 2.21. The number of rotatable bonds is 5. The van der Waals surface area contributed by atoms with Gasteiger partial charge in [-0.15, -0.1) is 0 Å². The van der Waals surface area contributed by atoms with E-state index in [4.69, 9.17) is 4.98 Å². The average molecular weight is 378 g/mol. The molecule has 0 saturated carbocycles. The predicted molar refractivity (Wildman–Crippen MR) is 117 cm³/mol. The van der Waals surface area contributed by atoms with Crippen molar-refractivity contribution in [2.24, 2.45) is 5.92 Å². The molecule has 148 valence electrons. The van der Waals surface area contributed by atoms with Gasteiger partial charge in [0.2, 0.25) is 5.95 Å². The zero-order valence-electron chi connectivity index (χ0n) is 16.9. The summed E-state index contributed by atoms with van der Waals surface area (Å²) in [5, 5.41) is 0. The SMILES string of the molecule is CC1CCCN(c2nccc(N3CCN(C/C=C/c4ccccc4)CC3)n2)C1. The molecule has 0 bridgehead atoms. The third-order valence-electron chi connectivity index (χ3n) is 5.74. The maximum atomic E-state index is 4.89. The van der Waals surface area contributed by atoms with Crippen LogP contribution in [0.25, 0.3) is 6.08 Å². The van der Waals surface area contributed by atoms with Crippen LogP contribution in [0.4, 0.5) is 11.8 Å². The molecule has 1 aromatic carbocycles. The summed E-state index contributed by atoms with van der Waals surface area (Å²) in [4.78, 5) is 16.7. The molecule has 2 fully saturated rings. The molecule has 3 heterocycles. The van der Waals surface area contributed by atoms with Gasteiger partial charge in [-0.3, -0.25) is 4.90 Å². The van der Waals surface area contributed by atoms with Crippen molar-refractivity contribution >= 4 is 17.8 Å². The van der Waals surface area contributed by atoms with E-state index in [9.17, 15) is 0 Å². The standard InChI is InChI=1S/C23H31N5/c1-20-7-5-14-28(19-20)23-24-12-11-22(25-23)27-17-15-26(16-18-27)13-6-10-21-8-3-2-4-9-21/h2-4,6,8-12,20H,5,7,13-19H2,1H3/b10-6+. The fourth-order valence-electron chi connectivity index (χ4n) is 4.10. The Morgan fingerprint density at radius 2 is 1.82 bits per heavy atom. The Bertz CT molecular complexity index is 768. The summed E-state index contributed by atoms with van der Waals surface area (Å²) in [6.07, 6.45) is 8.96. The van der Waals surface area contributed by atoms with Gasteiger partial charge in [-0.25, -0.2) is 4.98 Å². The number of nitrogens with zero attached hydrogens (tertiary/aromatic N) is 5. The Morgan fingerprint density at radius 3 is 2.61 bits per heavy atom. The third kappa shape index (κ3) is 4.90. The summed E-state index contributed by atoms with van der Waals surface area (Å²) in [6, 6.07) is 12.6. The van der Waals surface area contributed by atoms with Crippen molar-refractivity contribution in [1.29, 1.82) is 0 Å². The molecular weight excluding hydrogens is 346 g/mol. The van der Waals surface area contributed by atoms with Crippen LogP contribution >= 0.6 is 0 Å². The summed E-state index contributed by atoms with van der Waals surface area (Å²) in [5.41, 5.74) is 1.27. The summed E-state index contributed by atoms with van der Waals surface area (Å²) in [6.45, 7) is 9.65. The van der Waals surface area contributed by atoms with Gasteiger partial charge < -0.3 is 9.80 Å². The number of aromatic nitrogens is 2. The van der Waals surface area contributed by atoms with Crippen LogP contribution in [0.3, 0.4) is 0 Å². The highest BCUT2D eigenvalue weighted by atomic mass is 15.3. The Morgan fingerprint density at radius 1 is 1.00 bits per heavy atom. The van der Waals surface area contributed by atoms with E-state index in [2.05, 4.69) is 75.2 Å². The highest BCUT2D eigenvalue weighted by Crippen LogP contribution is 2.22. The van der Waals surface area contributed by atoms with E-state index >= 15 is 0 Å². The van der Waals surface area contributed by atoms with Crippen LogP contribution in [-0.2, 0) is 0 Å². The van der Waals surface area contributed by atoms with Crippen molar-refractivity contribution in [2.75, 3.05) is 55.6 Å². The first-order valence-corrected chi connectivity index (χ1v) is 10.5. The second kappa shape index (κ2) is 9.20. The topological polar surface area (TPSA) is 35.5 Å². The number of anilines is 2. The van der Waals surface area contributed by atoms with Crippen LogP contribution in [0.2, 0.25) is 0 Å². The molecule has 2 saturated heterocycles. The number of hydrogen-bond donors (Lipinski definition) is 0. The van der Waals surface area contributed by atoms with Gasteiger partial charge in [0.15, 0.2) is 0 Å². The molecule has 0 aliphatic carbocycles. The molecule has 28 heavy (non-hydrogen) atoms. The van der Waals surface area contributed by atoms with E-state index in [-0.39, 0.29) is 0 Å². The maximum absolute atomic E-state index is 4.89. The van der Waals surface area contributed by atoms with E-state index in [0.717, 1.165) is 63.5 Å². The first-order chi connectivity index (χ1) is 13.8. The molecule has 0 radical (unpaired) electrons. The molecule has 2 aliphatic heterocycles. The molecule has 1 unspecified atom stereocenters. The van der Waals surface area contributed by atoms with Crippen LogP contribution in [0.5, 0.6) is 0 Å². The summed E-state index contributed by atoms with van der Waals surface area (Å²) in [5.74, 6) is 2.70. The lowest BCUT2D eigenvalue weighted by molar-refractivity contribution is 0.283. The van der Waals surface area contributed by atoms with Crippen molar-refractivity contribution < 1.29 is 0 Å². The minimum absolute atomic E-state index is 0.730. The fraction of sp³-hybridized carbons (Fsp3) is 0.478. The lowest BCUT2D eigenvalue weighted by atomic mass is 10.0. The van der Waals surface area contributed by atoms with Crippen molar-refractivity contribution in [3.63, 3.8) is 0 Å². The molecule has 0 spiro atoms. The van der Waals surface area contributed by atoms with E-state index < -0.39 is 0 Å². The Kier molecular flexibility index (Phi) is 6.22. The number of piperazine rings is 1. The van der Waals surface area contributed by atoms with Crippen LogP contribution in [0.15, 0.2) is 48.7 Å². The Hall–Kier alpha value is -2.40. The lowest BCUT2D eigenvalue weighted by Gasteiger charge is -2.35. The van der Waals surface area contributed by atoms with Crippen molar-refractivity contribution in [2.45, 2.75) is 19.8 Å². The molecule has 0 amide bonds. The van der Waals surface area contributed by atoms with E-state index in [1.807, 2.05) is 6.20 Å². The molecule has 2 aromatic rings. The first kappa shape index (κ1) is 18.9. The Labute approximate surface area is 168 Å². The van der Waals surface area contributed by atoms with Gasteiger partial charge in [0.1, 0.15) is 5.82 Å². The molecule has 5 heteroatoms. The lowest BCUT2D eigenvalue weighted by Crippen LogP contribution is -2.46. The summed E-state index contributed by atoms with van der Waals surface area (Å²) in [7, 11) is 0.